The van der Waals surface area contributed by atoms with E-state index in [4.69, 9.17) is 0 Å². The van der Waals surface area contributed by atoms with E-state index in [9.17, 15) is 0 Å². The summed E-state index contributed by atoms with van der Waals surface area (Å²) in [6.45, 7) is 13.8. The SMILES string of the molecule is Cc1cc(C)c(B2C(c3ccccc3)=C2c2c(C)cc(C)cc2C)c(C)c1. The maximum Gasteiger partial charge on any atom is 0.242 e. The fourth-order valence-electron chi connectivity index (χ4n) is 4.98. The predicted molar refractivity (Wildman–Crippen MR) is 120 cm³/mol. The van der Waals surface area contributed by atoms with Crippen molar-refractivity contribution in [2.24, 2.45) is 0 Å². The molecule has 3 aromatic rings. The minimum Gasteiger partial charge on any atom is -0.0655 e. The zero-order valence-corrected chi connectivity index (χ0v) is 17.3. The minimum atomic E-state index is 0.410. The van der Waals surface area contributed by atoms with Crippen molar-refractivity contribution in [2.45, 2.75) is 41.5 Å². The first-order chi connectivity index (χ1) is 12.9. The maximum absolute atomic E-state index is 2.33. The van der Waals surface area contributed by atoms with E-state index in [0.717, 1.165) is 0 Å². The van der Waals surface area contributed by atoms with E-state index in [0.29, 0.717) is 6.71 Å². The van der Waals surface area contributed by atoms with E-state index < -0.39 is 0 Å². The lowest BCUT2D eigenvalue weighted by Gasteiger charge is -2.13. The van der Waals surface area contributed by atoms with Gasteiger partial charge in [0.15, 0.2) is 0 Å². The van der Waals surface area contributed by atoms with E-state index in [-0.39, 0.29) is 0 Å². The molecule has 0 aromatic heterocycles. The Labute approximate surface area is 164 Å². The molecule has 1 aliphatic rings. The van der Waals surface area contributed by atoms with Crippen molar-refractivity contribution in [2.75, 3.05) is 0 Å². The Morgan fingerprint density at radius 3 is 1.56 bits per heavy atom. The van der Waals surface area contributed by atoms with Gasteiger partial charge in [-0.25, -0.2) is 0 Å². The Morgan fingerprint density at radius 2 is 1.04 bits per heavy atom. The van der Waals surface area contributed by atoms with Crippen molar-refractivity contribution >= 4 is 23.1 Å². The molecule has 4 rings (SSSR count). The zero-order chi connectivity index (χ0) is 19.3. The predicted octanol–water partition coefficient (Wildman–Crippen LogP) is 5.94. The van der Waals surface area contributed by atoms with E-state index in [1.54, 1.807) is 0 Å². The lowest BCUT2D eigenvalue weighted by atomic mass is 9.50. The summed E-state index contributed by atoms with van der Waals surface area (Å²) in [4.78, 5) is 0. The Balaban J connectivity index is 1.93. The fourth-order valence-corrected chi connectivity index (χ4v) is 4.98. The van der Waals surface area contributed by atoms with Gasteiger partial charge in [-0.3, -0.25) is 0 Å². The highest BCUT2D eigenvalue weighted by Crippen LogP contribution is 2.48. The van der Waals surface area contributed by atoms with Crippen molar-refractivity contribution in [3.63, 3.8) is 0 Å². The largest absolute Gasteiger partial charge is 0.242 e. The van der Waals surface area contributed by atoms with Crippen LogP contribution in [0, 0.1) is 41.5 Å². The van der Waals surface area contributed by atoms with Crippen LogP contribution in [0.2, 0.25) is 0 Å². The van der Waals surface area contributed by atoms with Crippen LogP contribution in [0.4, 0.5) is 0 Å². The Morgan fingerprint density at radius 1 is 0.556 bits per heavy atom. The van der Waals surface area contributed by atoms with Crippen LogP contribution in [-0.2, 0) is 0 Å². The molecule has 3 aromatic carbocycles. The quantitative estimate of drug-likeness (QED) is 0.513. The topological polar surface area (TPSA) is 0 Å². The number of aryl methyl sites for hydroxylation is 6. The third-order valence-corrected chi connectivity index (χ3v) is 5.84. The highest BCUT2D eigenvalue weighted by molar-refractivity contribution is 7.19. The molecule has 134 valence electrons. The highest BCUT2D eigenvalue weighted by atomic mass is 14.3. The van der Waals surface area contributed by atoms with Gasteiger partial charge in [-0.1, -0.05) is 93.3 Å². The minimum absolute atomic E-state index is 0.410. The van der Waals surface area contributed by atoms with E-state index >= 15 is 0 Å². The first kappa shape index (κ1) is 17.9. The molecule has 0 atom stereocenters. The third-order valence-electron chi connectivity index (χ3n) is 5.84. The lowest BCUT2D eigenvalue weighted by Crippen LogP contribution is -2.27. The summed E-state index contributed by atoms with van der Waals surface area (Å²) in [5.74, 6) is 0. The lowest BCUT2D eigenvalue weighted by molar-refractivity contribution is 1.30. The fraction of sp³-hybridized carbons (Fsp3) is 0.231. The molecule has 0 N–H and O–H groups in total. The van der Waals surface area contributed by atoms with Gasteiger partial charge < -0.3 is 0 Å². The number of benzene rings is 3. The van der Waals surface area contributed by atoms with Gasteiger partial charge in [-0.15, -0.1) is 0 Å². The first-order valence-electron chi connectivity index (χ1n) is 9.84. The van der Waals surface area contributed by atoms with Crippen molar-refractivity contribution in [3.8, 4) is 0 Å². The molecular formula is C26H27B. The van der Waals surface area contributed by atoms with Gasteiger partial charge in [-0.05, 0) is 63.8 Å². The van der Waals surface area contributed by atoms with Crippen molar-refractivity contribution in [1.82, 2.24) is 0 Å². The standard InChI is InChI=1S/C26H27B/c1-16-12-18(3)23(19(4)13-16)26-25(22-10-8-7-9-11-22)27(26)24-20(5)14-17(2)15-21(24)6/h7-15H,1-6H3. The van der Waals surface area contributed by atoms with Gasteiger partial charge in [0.05, 0.1) is 0 Å². The highest BCUT2D eigenvalue weighted by Gasteiger charge is 2.45. The maximum atomic E-state index is 2.33. The molecule has 0 bridgehead atoms. The van der Waals surface area contributed by atoms with Crippen LogP contribution < -0.4 is 5.46 Å². The Bertz CT molecular complexity index is 1020. The molecule has 0 unspecified atom stereocenters. The molecule has 0 radical (unpaired) electrons. The van der Waals surface area contributed by atoms with Crippen LogP contribution in [0.15, 0.2) is 54.6 Å². The normalized spacial score (nSPS) is 13.3. The molecule has 1 heteroatoms. The molecule has 0 saturated carbocycles. The monoisotopic (exact) mass is 350 g/mol. The Hall–Kier alpha value is -2.54. The molecule has 0 fully saturated rings. The average Bonchev–Trinajstić information content (AvgIpc) is 3.28. The number of hydrogen-bond acceptors (Lipinski definition) is 0. The van der Waals surface area contributed by atoms with Gasteiger partial charge in [0.1, 0.15) is 0 Å². The molecule has 0 spiro atoms. The molecule has 0 nitrogen and oxygen atoms in total. The van der Waals surface area contributed by atoms with Gasteiger partial charge in [0.25, 0.3) is 0 Å². The van der Waals surface area contributed by atoms with Crippen LogP contribution in [0.25, 0.3) is 10.9 Å². The molecule has 1 aliphatic heterocycles. The van der Waals surface area contributed by atoms with Crippen molar-refractivity contribution < 1.29 is 0 Å². The van der Waals surface area contributed by atoms with Crippen molar-refractivity contribution in [3.05, 3.63) is 99.1 Å². The summed E-state index contributed by atoms with van der Waals surface area (Å²) in [6.07, 6.45) is 0. The van der Waals surface area contributed by atoms with Crippen LogP contribution in [0.1, 0.15) is 44.5 Å². The van der Waals surface area contributed by atoms with Gasteiger partial charge in [0, 0.05) is 0 Å². The first-order valence-corrected chi connectivity index (χ1v) is 9.84. The summed E-state index contributed by atoms with van der Waals surface area (Å²) in [5, 5.41) is 0. The van der Waals surface area contributed by atoms with Crippen LogP contribution in [-0.4, -0.2) is 6.71 Å². The van der Waals surface area contributed by atoms with Gasteiger partial charge in [-0.2, -0.15) is 0 Å². The summed E-state index contributed by atoms with van der Waals surface area (Å²) >= 11 is 0. The van der Waals surface area contributed by atoms with Crippen LogP contribution in [0.3, 0.4) is 0 Å². The second kappa shape index (κ2) is 6.57. The third kappa shape index (κ3) is 3.06. The number of hydrogen-bond donors (Lipinski definition) is 0. The van der Waals surface area contributed by atoms with E-state index in [2.05, 4.69) is 96.1 Å². The zero-order valence-electron chi connectivity index (χ0n) is 17.3. The molecule has 0 aliphatic carbocycles. The molecule has 0 saturated heterocycles. The summed E-state index contributed by atoms with van der Waals surface area (Å²) in [7, 11) is 0. The molecular weight excluding hydrogens is 323 g/mol. The molecule has 1 heterocycles. The van der Waals surface area contributed by atoms with Crippen LogP contribution in [0.5, 0.6) is 0 Å². The van der Waals surface area contributed by atoms with Gasteiger partial charge in [0.2, 0.25) is 6.71 Å². The molecule has 0 amide bonds. The molecule has 27 heavy (non-hydrogen) atoms. The van der Waals surface area contributed by atoms with Crippen molar-refractivity contribution in [1.29, 1.82) is 0 Å². The smallest absolute Gasteiger partial charge is 0.0655 e. The number of rotatable bonds is 3. The summed E-state index contributed by atoms with van der Waals surface area (Å²) < 4.78 is 0. The summed E-state index contributed by atoms with van der Waals surface area (Å²) in [6, 6.07) is 20.2. The van der Waals surface area contributed by atoms with E-state index in [1.807, 2.05) is 0 Å². The second-order valence-electron chi connectivity index (χ2n) is 8.21. The van der Waals surface area contributed by atoms with Gasteiger partial charge >= 0.3 is 0 Å². The Kier molecular flexibility index (Phi) is 4.34. The average molecular weight is 350 g/mol. The van der Waals surface area contributed by atoms with E-state index in [1.165, 1.54) is 60.9 Å². The van der Waals surface area contributed by atoms with Crippen LogP contribution >= 0.6 is 0 Å². The second-order valence-corrected chi connectivity index (χ2v) is 8.21. The summed E-state index contributed by atoms with van der Waals surface area (Å²) in [5.41, 5.74) is 15.6.